The first-order valence-electron chi connectivity index (χ1n) is 8.95. The van der Waals surface area contributed by atoms with E-state index in [2.05, 4.69) is 38.3 Å². The molecule has 5 rings (SSSR count). The zero-order chi connectivity index (χ0) is 15.9. The van der Waals surface area contributed by atoms with Gasteiger partial charge in [-0.05, 0) is 43.4 Å². The number of hydrogen-bond donors (Lipinski definition) is 1. The summed E-state index contributed by atoms with van der Waals surface area (Å²) in [5, 5.41) is 9.86. The van der Waals surface area contributed by atoms with Gasteiger partial charge in [-0.1, -0.05) is 18.2 Å². The zero-order valence-corrected chi connectivity index (χ0v) is 13.7. The average molecular weight is 322 g/mol. The lowest BCUT2D eigenvalue weighted by atomic mass is 10.1. The fraction of sp³-hybridized carbons (Fsp3) is 0.474. The van der Waals surface area contributed by atoms with Gasteiger partial charge in [-0.15, -0.1) is 10.2 Å². The van der Waals surface area contributed by atoms with Crippen LogP contribution in [-0.4, -0.2) is 39.7 Å². The summed E-state index contributed by atoms with van der Waals surface area (Å²) in [6.45, 7) is 3.50. The first-order chi connectivity index (χ1) is 11.8. The molecule has 124 valence electrons. The van der Waals surface area contributed by atoms with Gasteiger partial charge < -0.3 is 14.3 Å². The van der Waals surface area contributed by atoms with E-state index in [1.54, 1.807) is 0 Å². The van der Waals surface area contributed by atoms with Crippen LogP contribution in [0.25, 0.3) is 10.9 Å². The third-order valence-electron chi connectivity index (χ3n) is 5.33. The molecule has 0 radical (unpaired) electrons. The van der Waals surface area contributed by atoms with Gasteiger partial charge in [-0.3, -0.25) is 0 Å². The smallest absolute Gasteiger partial charge is 0.221 e. The van der Waals surface area contributed by atoms with Crippen molar-refractivity contribution in [1.29, 1.82) is 0 Å². The van der Waals surface area contributed by atoms with E-state index in [1.165, 1.54) is 36.9 Å². The summed E-state index contributed by atoms with van der Waals surface area (Å²) < 4.78 is 6.00. The van der Waals surface area contributed by atoms with E-state index in [4.69, 9.17) is 4.42 Å². The number of nitrogens with zero attached hydrogens (tertiary/aromatic N) is 3. The van der Waals surface area contributed by atoms with Gasteiger partial charge in [0, 0.05) is 30.2 Å². The second-order valence-corrected chi connectivity index (χ2v) is 7.26. The standard InChI is InChI=1S/C19H22N4O/c1-2-4-17-16(3-1)15(10-20-17)9-18-21-22-19(24-18)14-7-8-23(12-14)11-13-5-6-13/h1-4,10,13-14,20H,5-9,11-12H2/t14-/m0/s1. The normalized spacial score (nSPS) is 21.8. The molecular formula is C19H22N4O. The average Bonchev–Trinajstić information content (AvgIpc) is 3.02. The SMILES string of the molecule is c1ccc2c(Cc3nnc([C@H]4CCN(CC5CC5)C4)o3)c[nH]c2c1. The maximum Gasteiger partial charge on any atom is 0.221 e. The Kier molecular flexibility index (Phi) is 3.40. The molecule has 0 amide bonds. The molecule has 1 N–H and O–H groups in total. The minimum Gasteiger partial charge on any atom is -0.425 e. The van der Waals surface area contributed by atoms with Crippen molar-refractivity contribution in [3.8, 4) is 0 Å². The van der Waals surface area contributed by atoms with Crippen LogP contribution in [-0.2, 0) is 6.42 Å². The second kappa shape index (κ2) is 5.74. The number of aromatic nitrogens is 3. The number of nitrogens with one attached hydrogen (secondary N) is 1. The highest BCUT2D eigenvalue weighted by molar-refractivity contribution is 5.83. The van der Waals surface area contributed by atoms with Crippen molar-refractivity contribution < 1.29 is 4.42 Å². The molecule has 2 aliphatic rings. The van der Waals surface area contributed by atoms with Crippen LogP contribution in [0.15, 0.2) is 34.9 Å². The number of hydrogen-bond acceptors (Lipinski definition) is 4. The van der Waals surface area contributed by atoms with Crippen LogP contribution in [0.5, 0.6) is 0 Å². The van der Waals surface area contributed by atoms with Gasteiger partial charge in [-0.2, -0.15) is 0 Å². The van der Waals surface area contributed by atoms with E-state index in [-0.39, 0.29) is 0 Å². The number of fused-ring (bicyclic) bond motifs is 1. The van der Waals surface area contributed by atoms with Crippen LogP contribution in [0.3, 0.4) is 0 Å². The van der Waals surface area contributed by atoms with Gasteiger partial charge in [0.05, 0.1) is 12.3 Å². The Morgan fingerprint density at radius 1 is 1.17 bits per heavy atom. The van der Waals surface area contributed by atoms with Gasteiger partial charge in [0.25, 0.3) is 0 Å². The van der Waals surface area contributed by atoms with Gasteiger partial charge >= 0.3 is 0 Å². The van der Waals surface area contributed by atoms with E-state index in [9.17, 15) is 0 Å². The van der Waals surface area contributed by atoms with E-state index in [0.717, 1.165) is 36.2 Å². The molecule has 1 saturated heterocycles. The van der Waals surface area contributed by atoms with Crippen molar-refractivity contribution in [3.63, 3.8) is 0 Å². The first kappa shape index (κ1) is 14.2. The molecule has 5 heteroatoms. The van der Waals surface area contributed by atoms with Crippen molar-refractivity contribution in [2.45, 2.75) is 31.6 Å². The Hall–Kier alpha value is -2.14. The molecule has 3 heterocycles. The number of likely N-dealkylation sites (tertiary alicyclic amines) is 1. The number of aromatic amines is 1. The Morgan fingerprint density at radius 3 is 3.00 bits per heavy atom. The summed E-state index contributed by atoms with van der Waals surface area (Å²) in [6, 6.07) is 8.32. The van der Waals surface area contributed by atoms with Crippen LogP contribution >= 0.6 is 0 Å². The van der Waals surface area contributed by atoms with Crippen LogP contribution in [0.4, 0.5) is 0 Å². The number of para-hydroxylation sites is 1. The predicted octanol–water partition coefficient (Wildman–Crippen LogP) is 3.34. The lowest BCUT2D eigenvalue weighted by Crippen LogP contribution is -2.22. The Bertz CT molecular complexity index is 848. The zero-order valence-electron chi connectivity index (χ0n) is 13.7. The Balaban J connectivity index is 1.29. The molecule has 5 nitrogen and oxygen atoms in total. The first-order valence-corrected chi connectivity index (χ1v) is 8.95. The fourth-order valence-corrected chi connectivity index (χ4v) is 3.81. The molecule has 1 aliphatic heterocycles. The van der Waals surface area contributed by atoms with Crippen LogP contribution < -0.4 is 0 Å². The predicted molar refractivity (Wildman–Crippen MR) is 91.9 cm³/mol. The quantitative estimate of drug-likeness (QED) is 0.783. The molecule has 2 fully saturated rings. The number of rotatable bonds is 5. The molecule has 3 aromatic rings. The minimum atomic E-state index is 0.410. The van der Waals surface area contributed by atoms with Crippen LogP contribution in [0, 0.1) is 5.92 Å². The highest BCUT2D eigenvalue weighted by Crippen LogP contribution is 2.33. The van der Waals surface area contributed by atoms with Gasteiger partial charge in [0.1, 0.15) is 0 Å². The van der Waals surface area contributed by atoms with E-state index in [0.29, 0.717) is 12.3 Å². The van der Waals surface area contributed by atoms with Gasteiger partial charge in [0.15, 0.2) is 0 Å². The molecule has 1 aliphatic carbocycles. The lowest BCUT2D eigenvalue weighted by molar-refractivity contribution is 0.313. The van der Waals surface area contributed by atoms with Crippen molar-refractivity contribution in [2.24, 2.45) is 5.92 Å². The highest BCUT2D eigenvalue weighted by Gasteiger charge is 2.32. The maximum atomic E-state index is 6.00. The fourth-order valence-electron chi connectivity index (χ4n) is 3.81. The lowest BCUT2D eigenvalue weighted by Gasteiger charge is -2.13. The second-order valence-electron chi connectivity index (χ2n) is 7.26. The number of H-pyrrole nitrogens is 1. The third kappa shape index (κ3) is 2.73. The van der Waals surface area contributed by atoms with Crippen molar-refractivity contribution in [1.82, 2.24) is 20.1 Å². The molecule has 1 saturated carbocycles. The summed E-state index contributed by atoms with van der Waals surface area (Å²) >= 11 is 0. The molecular weight excluding hydrogens is 300 g/mol. The number of benzene rings is 1. The molecule has 24 heavy (non-hydrogen) atoms. The van der Waals surface area contributed by atoms with E-state index in [1.807, 2.05) is 12.3 Å². The van der Waals surface area contributed by atoms with Gasteiger partial charge in [-0.25, -0.2) is 0 Å². The summed E-state index contributed by atoms with van der Waals surface area (Å²) in [5.41, 5.74) is 2.36. The Morgan fingerprint density at radius 2 is 2.08 bits per heavy atom. The van der Waals surface area contributed by atoms with Crippen LogP contribution in [0.2, 0.25) is 0 Å². The molecule has 0 spiro atoms. The Labute approximate surface area is 141 Å². The maximum absolute atomic E-state index is 6.00. The summed E-state index contributed by atoms with van der Waals surface area (Å²) in [5.74, 6) is 2.90. The third-order valence-corrected chi connectivity index (χ3v) is 5.33. The minimum absolute atomic E-state index is 0.410. The molecule has 2 aromatic heterocycles. The molecule has 0 bridgehead atoms. The molecule has 1 atom stereocenters. The largest absolute Gasteiger partial charge is 0.425 e. The van der Waals surface area contributed by atoms with E-state index >= 15 is 0 Å². The monoisotopic (exact) mass is 322 g/mol. The van der Waals surface area contributed by atoms with Crippen molar-refractivity contribution in [3.05, 3.63) is 47.8 Å². The van der Waals surface area contributed by atoms with Crippen molar-refractivity contribution >= 4 is 10.9 Å². The highest BCUT2D eigenvalue weighted by atomic mass is 16.4. The van der Waals surface area contributed by atoms with Gasteiger partial charge in [0.2, 0.25) is 11.8 Å². The summed E-state index contributed by atoms with van der Waals surface area (Å²) in [7, 11) is 0. The molecule has 1 aromatic carbocycles. The van der Waals surface area contributed by atoms with Crippen molar-refractivity contribution in [2.75, 3.05) is 19.6 Å². The topological polar surface area (TPSA) is 58.0 Å². The summed E-state index contributed by atoms with van der Waals surface area (Å²) in [6.07, 6.45) is 6.70. The molecule has 0 unspecified atom stereocenters. The summed E-state index contributed by atoms with van der Waals surface area (Å²) in [4.78, 5) is 5.87. The van der Waals surface area contributed by atoms with E-state index < -0.39 is 0 Å². The van der Waals surface area contributed by atoms with Crippen LogP contribution in [0.1, 0.15) is 42.5 Å².